The van der Waals surface area contributed by atoms with Gasteiger partial charge in [0.05, 0.1) is 4.90 Å². The summed E-state index contributed by atoms with van der Waals surface area (Å²) in [6.07, 6.45) is 0.744. The van der Waals surface area contributed by atoms with Crippen LogP contribution in [0.1, 0.15) is 30.5 Å². The van der Waals surface area contributed by atoms with Crippen molar-refractivity contribution in [2.75, 3.05) is 5.32 Å². The molecule has 0 aliphatic carbocycles. The normalized spacial score (nSPS) is 15.4. The molecule has 1 heterocycles. The van der Waals surface area contributed by atoms with E-state index in [1.165, 1.54) is 31.2 Å². The zero-order chi connectivity index (χ0) is 18.2. The number of anilines is 1. The molecule has 2 aromatic rings. The molecule has 1 aliphatic heterocycles. The Labute approximate surface area is 144 Å². The highest BCUT2D eigenvalue weighted by Crippen LogP contribution is 2.26. The molecule has 0 aromatic heterocycles. The fraction of sp³-hybridized carbons (Fsp3) is 0.235. The maximum Gasteiger partial charge on any atom is 0.241 e. The number of fused-ring (bicyclic) bond motifs is 1. The van der Waals surface area contributed by atoms with E-state index in [1.54, 1.807) is 0 Å². The Morgan fingerprint density at radius 3 is 2.60 bits per heavy atom. The van der Waals surface area contributed by atoms with Crippen molar-refractivity contribution in [3.63, 3.8) is 0 Å². The number of amides is 1. The standard InChI is InChI=1S/C17H16F2N2O3S/c1-10(14-5-3-12(18)9-15(14)19)21-25(23,24)13-4-6-16-11(8-13)2-7-17(22)20-16/h3-6,8-10,21H,2,7H2,1H3,(H,20,22). The summed E-state index contributed by atoms with van der Waals surface area (Å²) in [5, 5.41) is 2.68. The molecule has 1 unspecified atom stereocenters. The van der Waals surface area contributed by atoms with E-state index in [4.69, 9.17) is 0 Å². The molecule has 5 nitrogen and oxygen atoms in total. The molecule has 0 fully saturated rings. The lowest BCUT2D eigenvalue weighted by Crippen LogP contribution is -2.28. The van der Waals surface area contributed by atoms with Crippen LogP contribution in [0.4, 0.5) is 14.5 Å². The monoisotopic (exact) mass is 366 g/mol. The average Bonchev–Trinajstić information content (AvgIpc) is 2.53. The Hall–Kier alpha value is -2.32. The van der Waals surface area contributed by atoms with Gasteiger partial charge in [-0.15, -0.1) is 0 Å². The molecule has 1 aliphatic rings. The molecule has 0 saturated heterocycles. The predicted octanol–water partition coefficient (Wildman–Crippen LogP) is 2.89. The number of hydrogen-bond acceptors (Lipinski definition) is 3. The molecule has 25 heavy (non-hydrogen) atoms. The van der Waals surface area contributed by atoms with Crippen molar-refractivity contribution < 1.29 is 22.0 Å². The minimum Gasteiger partial charge on any atom is -0.326 e. The quantitative estimate of drug-likeness (QED) is 0.874. The van der Waals surface area contributed by atoms with Crippen LogP contribution in [0.5, 0.6) is 0 Å². The Balaban J connectivity index is 1.85. The number of rotatable bonds is 4. The molecule has 3 rings (SSSR count). The van der Waals surface area contributed by atoms with Crippen LogP contribution in [-0.2, 0) is 21.2 Å². The third kappa shape index (κ3) is 3.69. The molecule has 132 valence electrons. The van der Waals surface area contributed by atoms with Gasteiger partial charge in [0.15, 0.2) is 0 Å². The molecule has 0 radical (unpaired) electrons. The third-order valence-electron chi connectivity index (χ3n) is 4.04. The van der Waals surface area contributed by atoms with E-state index in [0.29, 0.717) is 24.6 Å². The molecular formula is C17H16F2N2O3S. The first kappa shape index (κ1) is 17.5. The van der Waals surface area contributed by atoms with Gasteiger partial charge in [-0.25, -0.2) is 21.9 Å². The van der Waals surface area contributed by atoms with Gasteiger partial charge in [0, 0.05) is 29.8 Å². The highest BCUT2D eigenvalue weighted by atomic mass is 32.2. The predicted molar refractivity (Wildman–Crippen MR) is 88.5 cm³/mol. The smallest absolute Gasteiger partial charge is 0.241 e. The maximum atomic E-state index is 13.8. The van der Waals surface area contributed by atoms with Crippen LogP contribution in [0.2, 0.25) is 0 Å². The van der Waals surface area contributed by atoms with E-state index >= 15 is 0 Å². The summed E-state index contributed by atoms with van der Waals surface area (Å²) in [4.78, 5) is 11.4. The van der Waals surface area contributed by atoms with Crippen molar-refractivity contribution in [1.29, 1.82) is 0 Å². The van der Waals surface area contributed by atoms with Gasteiger partial charge < -0.3 is 5.32 Å². The minimum absolute atomic E-state index is 0.0248. The van der Waals surface area contributed by atoms with Crippen molar-refractivity contribution in [2.24, 2.45) is 0 Å². The van der Waals surface area contributed by atoms with Crippen molar-refractivity contribution in [3.8, 4) is 0 Å². The molecule has 1 amide bonds. The number of nitrogens with one attached hydrogen (secondary N) is 2. The fourth-order valence-electron chi connectivity index (χ4n) is 2.74. The van der Waals surface area contributed by atoms with Gasteiger partial charge >= 0.3 is 0 Å². The van der Waals surface area contributed by atoms with Crippen molar-refractivity contribution >= 4 is 21.6 Å². The average molecular weight is 366 g/mol. The Bertz CT molecular complexity index is 945. The van der Waals surface area contributed by atoms with Crippen LogP contribution in [0, 0.1) is 11.6 Å². The number of halogens is 2. The first-order valence-corrected chi connectivity index (χ1v) is 9.14. The highest BCUT2D eigenvalue weighted by molar-refractivity contribution is 7.89. The highest BCUT2D eigenvalue weighted by Gasteiger charge is 2.23. The van der Waals surface area contributed by atoms with Crippen molar-refractivity contribution in [3.05, 3.63) is 59.2 Å². The van der Waals surface area contributed by atoms with E-state index in [0.717, 1.165) is 11.6 Å². The van der Waals surface area contributed by atoms with Gasteiger partial charge in [0.1, 0.15) is 11.6 Å². The number of aryl methyl sites for hydroxylation is 1. The second kappa shape index (κ2) is 6.53. The van der Waals surface area contributed by atoms with Crippen molar-refractivity contribution in [2.45, 2.75) is 30.7 Å². The zero-order valence-corrected chi connectivity index (χ0v) is 14.2. The molecule has 0 spiro atoms. The van der Waals surface area contributed by atoms with Gasteiger partial charge in [-0.3, -0.25) is 4.79 Å². The van der Waals surface area contributed by atoms with Crippen LogP contribution in [0.3, 0.4) is 0 Å². The minimum atomic E-state index is -3.90. The first-order valence-electron chi connectivity index (χ1n) is 7.66. The van der Waals surface area contributed by atoms with Crippen LogP contribution >= 0.6 is 0 Å². The number of benzene rings is 2. The molecule has 8 heteroatoms. The second-order valence-corrected chi connectivity index (χ2v) is 7.59. The maximum absolute atomic E-state index is 13.8. The summed E-state index contributed by atoms with van der Waals surface area (Å²) >= 11 is 0. The summed E-state index contributed by atoms with van der Waals surface area (Å²) in [7, 11) is -3.90. The van der Waals surface area contributed by atoms with E-state index in [-0.39, 0.29) is 16.4 Å². The van der Waals surface area contributed by atoms with E-state index in [2.05, 4.69) is 10.0 Å². The molecule has 2 N–H and O–H groups in total. The summed E-state index contributed by atoms with van der Waals surface area (Å²) in [6.45, 7) is 1.48. The second-order valence-electron chi connectivity index (χ2n) is 5.88. The lowest BCUT2D eigenvalue weighted by molar-refractivity contribution is -0.116. The van der Waals surface area contributed by atoms with E-state index < -0.39 is 27.7 Å². The van der Waals surface area contributed by atoms with Gasteiger partial charge in [0.25, 0.3) is 0 Å². The summed E-state index contributed by atoms with van der Waals surface area (Å²) in [5.41, 5.74) is 1.37. The number of carbonyl (C=O) groups excluding carboxylic acids is 1. The topological polar surface area (TPSA) is 75.3 Å². The summed E-state index contributed by atoms with van der Waals surface area (Å²) < 4.78 is 54.3. The molecule has 1 atom stereocenters. The first-order chi connectivity index (χ1) is 11.8. The number of carbonyl (C=O) groups is 1. The summed E-state index contributed by atoms with van der Waals surface area (Å²) in [5.74, 6) is -1.65. The van der Waals surface area contributed by atoms with Gasteiger partial charge in [0.2, 0.25) is 15.9 Å². The molecule has 0 bridgehead atoms. The number of sulfonamides is 1. The van der Waals surface area contributed by atoms with Gasteiger partial charge in [-0.2, -0.15) is 0 Å². The molecule has 0 saturated carbocycles. The Kier molecular flexibility index (Phi) is 4.57. The SMILES string of the molecule is CC(NS(=O)(=O)c1ccc2c(c1)CCC(=O)N2)c1ccc(F)cc1F. The molecule has 2 aromatic carbocycles. The lowest BCUT2D eigenvalue weighted by Gasteiger charge is -2.19. The number of hydrogen-bond donors (Lipinski definition) is 2. The third-order valence-corrected chi connectivity index (χ3v) is 5.58. The lowest BCUT2D eigenvalue weighted by atomic mass is 10.0. The Morgan fingerprint density at radius 1 is 1.12 bits per heavy atom. The zero-order valence-electron chi connectivity index (χ0n) is 13.3. The van der Waals surface area contributed by atoms with Crippen LogP contribution in [0.25, 0.3) is 0 Å². The molecular weight excluding hydrogens is 350 g/mol. The fourth-order valence-corrected chi connectivity index (χ4v) is 4.02. The summed E-state index contributed by atoms with van der Waals surface area (Å²) in [6, 6.07) is 6.52. The van der Waals surface area contributed by atoms with Crippen LogP contribution < -0.4 is 10.0 Å². The largest absolute Gasteiger partial charge is 0.326 e. The van der Waals surface area contributed by atoms with Crippen LogP contribution in [0.15, 0.2) is 41.3 Å². The van der Waals surface area contributed by atoms with E-state index in [1.807, 2.05) is 0 Å². The van der Waals surface area contributed by atoms with Gasteiger partial charge in [-0.1, -0.05) is 6.07 Å². The van der Waals surface area contributed by atoms with E-state index in [9.17, 15) is 22.0 Å². The Morgan fingerprint density at radius 2 is 1.88 bits per heavy atom. The van der Waals surface area contributed by atoms with Crippen molar-refractivity contribution in [1.82, 2.24) is 4.72 Å². The van der Waals surface area contributed by atoms with Crippen LogP contribution in [-0.4, -0.2) is 14.3 Å². The van der Waals surface area contributed by atoms with Gasteiger partial charge in [-0.05, 0) is 43.2 Å².